The van der Waals surface area contributed by atoms with Gasteiger partial charge in [-0.1, -0.05) is 20.3 Å². The smallest absolute Gasteiger partial charge is 0.246 e. The predicted octanol–water partition coefficient (Wildman–Crippen LogP) is 1.26. The van der Waals surface area contributed by atoms with Gasteiger partial charge in [0.25, 0.3) is 0 Å². The maximum absolute atomic E-state index is 12.4. The van der Waals surface area contributed by atoms with Crippen LogP contribution in [0.4, 0.5) is 5.95 Å². The average Bonchev–Trinajstić information content (AvgIpc) is 2.40. The van der Waals surface area contributed by atoms with Crippen molar-refractivity contribution in [2.45, 2.75) is 38.0 Å². The summed E-state index contributed by atoms with van der Waals surface area (Å²) < 4.78 is 26.3. The Morgan fingerprint density at radius 3 is 2.32 bits per heavy atom. The van der Waals surface area contributed by atoms with E-state index in [2.05, 4.69) is 23.8 Å². The third-order valence-electron chi connectivity index (χ3n) is 4.07. The molecule has 1 aliphatic rings. The molecule has 1 aromatic rings. The number of nitrogens with zero attached hydrogens (tertiary/aromatic N) is 3. The summed E-state index contributed by atoms with van der Waals surface area (Å²) in [5.74, 6) is 0.0798. The molecular formula is C12H20N4O2S. The summed E-state index contributed by atoms with van der Waals surface area (Å²) in [5, 5.41) is 0. The van der Waals surface area contributed by atoms with E-state index in [0.29, 0.717) is 13.1 Å². The second-order valence-corrected chi connectivity index (χ2v) is 7.28. The van der Waals surface area contributed by atoms with E-state index in [0.717, 1.165) is 19.3 Å². The van der Waals surface area contributed by atoms with Crippen molar-refractivity contribution in [3.8, 4) is 0 Å². The molecule has 19 heavy (non-hydrogen) atoms. The number of piperidine rings is 1. The molecule has 7 heteroatoms. The molecule has 0 spiro atoms. The van der Waals surface area contributed by atoms with Gasteiger partial charge >= 0.3 is 0 Å². The first-order valence-electron chi connectivity index (χ1n) is 6.45. The Morgan fingerprint density at radius 2 is 1.84 bits per heavy atom. The highest BCUT2D eigenvalue weighted by Gasteiger charge is 2.34. The van der Waals surface area contributed by atoms with Gasteiger partial charge in [0.2, 0.25) is 16.0 Å². The summed E-state index contributed by atoms with van der Waals surface area (Å²) in [4.78, 5) is 7.60. The molecule has 0 saturated carbocycles. The molecule has 0 radical (unpaired) electrons. The third-order valence-corrected chi connectivity index (χ3v) is 5.92. The maximum atomic E-state index is 12.4. The van der Waals surface area contributed by atoms with E-state index in [-0.39, 0.29) is 16.3 Å². The fourth-order valence-electron chi connectivity index (χ4n) is 2.23. The summed E-state index contributed by atoms with van der Waals surface area (Å²) in [7, 11) is -3.48. The van der Waals surface area contributed by atoms with Crippen LogP contribution in [0, 0.1) is 5.41 Å². The molecule has 1 aromatic heterocycles. The van der Waals surface area contributed by atoms with Crippen molar-refractivity contribution in [2.75, 3.05) is 18.8 Å². The second-order valence-electron chi connectivity index (χ2n) is 5.35. The van der Waals surface area contributed by atoms with Crippen molar-refractivity contribution < 1.29 is 8.42 Å². The average molecular weight is 284 g/mol. The summed E-state index contributed by atoms with van der Waals surface area (Å²) in [6, 6.07) is 0. The van der Waals surface area contributed by atoms with E-state index in [4.69, 9.17) is 5.73 Å². The van der Waals surface area contributed by atoms with Crippen LogP contribution in [0.3, 0.4) is 0 Å². The van der Waals surface area contributed by atoms with Crippen LogP contribution in [0.15, 0.2) is 17.3 Å². The van der Waals surface area contributed by atoms with Crippen molar-refractivity contribution >= 4 is 16.0 Å². The minimum atomic E-state index is -3.48. The van der Waals surface area contributed by atoms with Crippen LogP contribution in [0.2, 0.25) is 0 Å². The zero-order valence-electron chi connectivity index (χ0n) is 11.3. The normalized spacial score (nSPS) is 20.3. The molecule has 0 atom stereocenters. The Balaban J connectivity index is 2.16. The molecule has 2 N–H and O–H groups in total. The molecule has 2 heterocycles. The number of hydrogen-bond acceptors (Lipinski definition) is 5. The maximum Gasteiger partial charge on any atom is 0.246 e. The van der Waals surface area contributed by atoms with Gasteiger partial charge in [-0.05, 0) is 18.3 Å². The SMILES string of the molecule is CCC1(C)CCN(S(=O)(=O)c2cnc(N)nc2)CC1. The van der Waals surface area contributed by atoms with Gasteiger partial charge in [-0.25, -0.2) is 18.4 Å². The molecule has 106 valence electrons. The topological polar surface area (TPSA) is 89.2 Å². The van der Waals surface area contributed by atoms with Gasteiger partial charge in [0.05, 0.1) is 12.4 Å². The van der Waals surface area contributed by atoms with Crippen molar-refractivity contribution in [1.29, 1.82) is 0 Å². The largest absolute Gasteiger partial charge is 0.368 e. The highest BCUT2D eigenvalue weighted by Crippen LogP contribution is 2.35. The van der Waals surface area contributed by atoms with Crippen molar-refractivity contribution in [3.63, 3.8) is 0 Å². The first kappa shape index (κ1) is 14.2. The van der Waals surface area contributed by atoms with Gasteiger partial charge in [0.1, 0.15) is 4.90 Å². The van der Waals surface area contributed by atoms with E-state index in [1.54, 1.807) is 0 Å². The Hall–Kier alpha value is -1.21. The van der Waals surface area contributed by atoms with E-state index in [1.807, 2.05) is 0 Å². The first-order valence-corrected chi connectivity index (χ1v) is 7.89. The molecule has 0 aliphatic carbocycles. The minimum Gasteiger partial charge on any atom is -0.368 e. The van der Waals surface area contributed by atoms with Crippen LogP contribution < -0.4 is 5.73 Å². The highest BCUT2D eigenvalue weighted by atomic mass is 32.2. The summed E-state index contributed by atoms with van der Waals surface area (Å²) in [6.45, 7) is 5.47. The summed E-state index contributed by atoms with van der Waals surface area (Å²) in [6.07, 6.45) is 5.39. The number of nitrogen functional groups attached to an aromatic ring is 1. The summed E-state index contributed by atoms with van der Waals surface area (Å²) >= 11 is 0. The molecule has 0 bridgehead atoms. The van der Waals surface area contributed by atoms with E-state index in [1.165, 1.54) is 16.7 Å². The quantitative estimate of drug-likeness (QED) is 0.902. The van der Waals surface area contributed by atoms with Gasteiger partial charge in [-0.3, -0.25) is 0 Å². The van der Waals surface area contributed by atoms with Crippen LogP contribution in [0.5, 0.6) is 0 Å². The number of rotatable bonds is 3. The van der Waals surface area contributed by atoms with Crippen molar-refractivity contribution in [1.82, 2.24) is 14.3 Å². The Bertz CT molecular complexity index is 533. The number of sulfonamides is 1. The Labute approximate surface area is 114 Å². The lowest BCUT2D eigenvalue weighted by molar-refractivity contribution is 0.169. The lowest BCUT2D eigenvalue weighted by atomic mass is 9.79. The van der Waals surface area contributed by atoms with Crippen LogP contribution in [0.1, 0.15) is 33.1 Å². The van der Waals surface area contributed by atoms with Crippen LogP contribution >= 0.6 is 0 Å². The third kappa shape index (κ3) is 2.87. The molecular weight excluding hydrogens is 264 g/mol. The molecule has 1 aliphatic heterocycles. The van der Waals surface area contributed by atoms with Crippen molar-refractivity contribution in [2.24, 2.45) is 5.41 Å². The number of aromatic nitrogens is 2. The summed E-state index contributed by atoms with van der Waals surface area (Å²) in [5.41, 5.74) is 5.62. The van der Waals surface area contributed by atoms with Crippen LogP contribution in [-0.4, -0.2) is 35.8 Å². The van der Waals surface area contributed by atoms with Gasteiger partial charge in [-0.2, -0.15) is 4.31 Å². The standard InChI is InChI=1S/C12H20N4O2S/c1-3-12(2)4-6-16(7-5-12)19(17,18)10-8-14-11(13)15-9-10/h8-9H,3-7H2,1-2H3,(H2,13,14,15). The zero-order chi connectivity index (χ0) is 14.1. The Kier molecular flexibility index (Phi) is 3.78. The van der Waals surface area contributed by atoms with Gasteiger partial charge < -0.3 is 5.73 Å². The molecule has 0 unspecified atom stereocenters. The lowest BCUT2D eigenvalue weighted by Crippen LogP contribution is -2.41. The van der Waals surface area contributed by atoms with Crippen molar-refractivity contribution in [3.05, 3.63) is 12.4 Å². The van der Waals surface area contributed by atoms with Crippen LogP contribution in [0.25, 0.3) is 0 Å². The molecule has 1 saturated heterocycles. The van der Waals surface area contributed by atoms with Gasteiger partial charge in [0, 0.05) is 13.1 Å². The van der Waals surface area contributed by atoms with E-state index < -0.39 is 10.0 Å². The molecule has 0 amide bonds. The van der Waals surface area contributed by atoms with Crippen LogP contribution in [-0.2, 0) is 10.0 Å². The number of nitrogens with two attached hydrogens (primary N) is 1. The fraction of sp³-hybridized carbons (Fsp3) is 0.667. The predicted molar refractivity (Wildman–Crippen MR) is 72.8 cm³/mol. The molecule has 6 nitrogen and oxygen atoms in total. The number of anilines is 1. The molecule has 1 fully saturated rings. The molecule has 2 rings (SSSR count). The fourth-order valence-corrected chi connectivity index (χ4v) is 3.56. The highest BCUT2D eigenvalue weighted by molar-refractivity contribution is 7.89. The second kappa shape index (κ2) is 5.05. The zero-order valence-corrected chi connectivity index (χ0v) is 12.2. The first-order chi connectivity index (χ1) is 8.87. The van der Waals surface area contributed by atoms with Gasteiger partial charge in [-0.15, -0.1) is 0 Å². The van der Waals surface area contributed by atoms with Gasteiger partial charge in [0.15, 0.2) is 0 Å². The number of hydrogen-bond donors (Lipinski definition) is 1. The van der Waals surface area contributed by atoms with E-state index in [9.17, 15) is 8.42 Å². The Morgan fingerprint density at radius 1 is 1.32 bits per heavy atom. The van der Waals surface area contributed by atoms with E-state index >= 15 is 0 Å². The molecule has 0 aromatic carbocycles. The minimum absolute atomic E-state index is 0.0798. The lowest BCUT2D eigenvalue weighted by Gasteiger charge is -2.38. The monoisotopic (exact) mass is 284 g/mol.